The minimum atomic E-state index is -1.05. The molecule has 1 aliphatic heterocycles. The molecule has 1 unspecified atom stereocenters. The molecule has 0 aliphatic carbocycles. The van der Waals surface area contributed by atoms with Gasteiger partial charge >= 0.3 is 0 Å². The fraction of sp³-hybridized carbons (Fsp3) is 0.579. The van der Waals surface area contributed by atoms with Gasteiger partial charge in [0.1, 0.15) is 0 Å². The van der Waals surface area contributed by atoms with Crippen molar-refractivity contribution in [3.63, 3.8) is 0 Å². The number of rotatable bonds is 3. The van der Waals surface area contributed by atoms with Gasteiger partial charge in [0.05, 0.1) is 6.54 Å². The van der Waals surface area contributed by atoms with Gasteiger partial charge in [-0.15, -0.1) is 12.4 Å². The molecule has 0 aromatic heterocycles. The average molecular weight is 322 g/mol. The zero-order valence-electron chi connectivity index (χ0n) is 13.7. The van der Waals surface area contributed by atoms with Crippen LogP contribution in [-0.2, 0) is 5.60 Å². The Labute approximate surface area is 141 Å². The predicted octanol–water partition coefficient (Wildman–Crippen LogP) is 3.83. The maximum atomic E-state index is 11.0. The molecule has 22 heavy (non-hydrogen) atoms. The molecule has 1 N–H and O–H groups in total. The monoisotopic (exact) mass is 321 g/mol. The molecule has 1 fully saturated rings. The van der Waals surface area contributed by atoms with Crippen LogP contribution in [0.1, 0.15) is 45.1 Å². The Hall–Kier alpha value is -1.01. The standard InChI is InChI=1S/C19H27NO.ClH/c1-17(2)19(21,18-11-6-5-7-12-18)13-10-16-20-14-8-3-4-9-15-20;/h5-7,11-12,17,21H,3-4,8-9,14-16H2,1-2H3;1H. The summed E-state index contributed by atoms with van der Waals surface area (Å²) in [4.78, 5) is 2.41. The molecule has 0 radical (unpaired) electrons. The van der Waals surface area contributed by atoms with Crippen LogP contribution < -0.4 is 0 Å². The summed E-state index contributed by atoms with van der Waals surface area (Å²) in [5.74, 6) is 6.44. The average Bonchev–Trinajstić information content (AvgIpc) is 2.76. The maximum absolute atomic E-state index is 11.0. The lowest BCUT2D eigenvalue weighted by molar-refractivity contribution is 0.0502. The van der Waals surface area contributed by atoms with Gasteiger partial charge in [-0.1, -0.05) is 68.9 Å². The van der Waals surface area contributed by atoms with Crippen LogP contribution in [0.25, 0.3) is 0 Å². The van der Waals surface area contributed by atoms with Gasteiger partial charge in [-0.3, -0.25) is 4.90 Å². The van der Waals surface area contributed by atoms with Crippen LogP contribution in [0.5, 0.6) is 0 Å². The summed E-state index contributed by atoms with van der Waals surface area (Å²) in [6.07, 6.45) is 5.22. The Morgan fingerprint density at radius 2 is 1.68 bits per heavy atom. The third-order valence-corrected chi connectivity index (χ3v) is 4.33. The molecule has 3 heteroatoms. The Kier molecular flexibility index (Phi) is 7.96. The SMILES string of the molecule is CC(C)C(O)(C#CCN1CCCCCC1)c1ccccc1.Cl. The van der Waals surface area contributed by atoms with Crippen molar-refractivity contribution in [2.75, 3.05) is 19.6 Å². The van der Waals surface area contributed by atoms with Gasteiger partial charge in [0.2, 0.25) is 0 Å². The summed E-state index contributed by atoms with van der Waals surface area (Å²) in [5, 5.41) is 11.0. The van der Waals surface area contributed by atoms with Gasteiger partial charge < -0.3 is 5.11 Å². The zero-order valence-corrected chi connectivity index (χ0v) is 14.5. The molecule has 0 bridgehead atoms. The van der Waals surface area contributed by atoms with Crippen LogP contribution in [0, 0.1) is 17.8 Å². The molecule has 0 amide bonds. The van der Waals surface area contributed by atoms with Gasteiger partial charge in [0, 0.05) is 0 Å². The number of nitrogens with zero attached hydrogens (tertiary/aromatic N) is 1. The van der Waals surface area contributed by atoms with Crippen LogP contribution in [-0.4, -0.2) is 29.6 Å². The maximum Gasteiger partial charge on any atom is 0.153 e. The number of halogens is 1. The molecule has 1 atom stereocenters. The minimum Gasteiger partial charge on any atom is -0.373 e. The second-order valence-corrected chi connectivity index (χ2v) is 6.28. The van der Waals surface area contributed by atoms with E-state index in [9.17, 15) is 5.11 Å². The van der Waals surface area contributed by atoms with Crippen molar-refractivity contribution in [2.24, 2.45) is 5.92 Å². The van der Waals surface area contributed by atoms with Crippen molar-refractivity contribution in [2.45, 2.75) is 45.1 Å². The summed E-state index contributed by atoms with van der Waals surface area (Å²) in [7, 11) is 0. The Balaban J connectivity index is 0.00000242. The third kappa shape index (κ3) is 5.02. The van der Waals surface area contributed by atoms with Crippen molar-refractivity contribution >= 4 is 12.4 Å². The molecular formula is C19H28ClNO. The quantitative estimate of drug-likeness (QED) is 0.855. The first-order valence-corrected chi connectivity index (χ1v) is 8.13. The number of benzene rings is 1. The first-order chi connectivity index (χ1) is 10.1. The lowest BCUT2D eigenvalue weighted by Crippen LogP contribution is -2.31. The second kappa shape index (κ2) is 9.20. The van der Waals surface area contributed by atoms with Crippen LogP contribution in [0.4, 0.5) is 0 Å². The van der Waals surface area contributed by atoms with Gasteiger partial charge in [-0.2, -0.15) is 0 Å². The van der Waals surface area contributed by atoms with E-state index in [1.54, 1.807) is 0 Å². The van der Waals surface area contributed by atoms with Crippen molar-refractivity contribution in [3.05, 3.63) is 35.9 Å². The molecule has 2 nitrogen and oxygen atoms in total. The van der Waals surface area contributed by atoms with E-state index in [1.165, 1.54) is 25.7 Å². The molecule has 1 aromatic carbocycles. The predicted molar refractivity (Wildman–Crippen MR) is 95.1 cm³/mol. The molecule has 0 saturated carbocycles. The summed E-state index contributed by atoms with van der Waals surface area (Å²) in [6, 6.07) is 9.80. The number of hydrogen-bond donors (Lipinski definition) is 1. The van der Waals surface area contributed by atoms with Crippen molar-refractivity contribution in [3.8, 4) is 11.8 Å². The summed E-state index contributed by atoms with van der Waals surface area (Å²) in [5.41, 5.74) is -0.156. The van der Waals surface area contributed by atoms with Crippen molar-refractivity contribution in [1.29, 1.82) is 0 Å². The van der Waals surface area contributed by atoms with Crippen molar-refractivity contribution in [1.82, 2.24) is 4.90 Å². The molecule has 1 saturated heterocycles. The highest BCUT2D eigenvalue weighted by atomic mass is 35.5. The van der Waals surface area contributed by atoms with Gasteiger partial charge in [0.25, 0.3) is 0 Å². The normalized spacial score (nSPS) is 18.5. The highest BCUT2D eigenvalue weighted by Crippen LogP contribution is 2.28. The largest absolute Gasteiger partial charge is 0.373 e. The topological polar surface area (TPSA) is 23.5 Å². The van der Waals surface area contributed by atoms with Crippen LogP contribution in [0.15, 0.2) is 30.3 Å². The zero-order chi connectivity index (χ0) is 15.1. The lowest BCUT2D eigenvalue weighted by Gasteiger charge is -2.27. The van der Waals surface area contributed by atoms with E-state index >= 15 is 0 Å². The van der Waals surface area contributed by atoms with Gasteiger partial charge in [-0.25, -0.2) is 0 Å². The smallest absolute Gasteiger partial charge is 0.153 e. The van der Waals surface area contributed by atoms with Crippen LogP contribution in [0.3, 0.4) is 0 Å². The Bertz CT molecular complexity index is 483. The first kappa shape index (κ1) is 19.0. The highest BCUT2D eigenvalue weighted by molar-refractivity contribution is 5.85. The summed E-state index contributed by atoms with van der Waals surface area (Å²) in [6.45, 7) is 7.09. The van der Waals surface area contributed by atoms with Gasteiger partial charge in [0.15, 0.2) is 5.60 Å². The summed E-state index contributed by atoms with van der Waals surface area (Å²) < 4.78 is 0. The molecule has 1 heterocycles. The summed E-state index contributed by atoms with van der Waals surface area (Å²) >= 11 is 0. The van der Waals surface area contributed by atoms with Crippen LogP contribution in [0.2, 0.25) is 0 Å². The molecule has 122 valence electrons. The second-order valence-electron chi connectivity index (χ2n) is 6.28. The van der Waals surface area contributed by atoms with E-state index < -0.39 is 5.60 Å². The Morgan fingerprint density at radius 1 is 1.09 bits per heavy atom. The van der Waals surface area contributed by atoms with Crippen molar-refractivity contribution < 1.29 is 5.11 Å². The molecule has 0 spiro atoms. The molecule has 1 aliphatic rings. The van der Waals surface area contributed by atoms with E-state index in [0.29, 0.717) is 0 Å². The van der Waals surface area contributed by atoms with Gasteiger partial charge in [-0.05, 0) is 37.4 Å². The van der Waals surface area contributed by atoms with E-state index in [4.69, 9.17) is 0 Å². The van der Waals surface area contributed by atoms with E-state index in [0.717, 1.165) is 25.2 Å². The Morgan fingerprint density at radius 3 is 2.23 bits per heavy atom. The van der Waals surface area contributed by atoms with E-state index in [1.807, 2.05) is 44.2 Å². The number of aliphatic hydroxyl groups is 1. The fourth-order valence-electron chi connectivity index (χ4n) is 2.82. The van der Waals surface area contributed by atoms with Crippen LogP contribution >= 0.6 is 12.4 Å². The van der Waals surface area contributed by atoms with E-state index in [2.05, 4.69) is 16.7 Å². The number of likely N-dealkylation sites (tertiary alicyclic amines) is 1. The minimum absolute atomic E-state index is 0. The highest BCUT2D eigenvalue weighted by Gasteiger charge is 2.30. The lowest BCUT2D eigenvalue weighted by atomic mass is 9.84. The molecular weight excluding hydrogens is 294 g/mol. The molecule has 1 aromatic rings. The molecule has 2 rings (SSSR count). The third-order valence-electron chi connectivity index (χ3n) is 4.33. The fourth-order valence-corrected chi connectivity index (χ4v) is 2.82. The van der Waals surface area contributed by atoms with E-state index in [-0.39, 0.29) is 18.3 Å². The first-order valence-electron chi connectivity index (χ1n) is 8.13. The number of hydrogen-bond acceptors (Lipinski definition) is 2.